The van der Waals surface area contributed by atoms with Gasteiger partial charge in [-0.3, -0.25) is 0 Å². The van der Waals surface area contributed by atoms with E-state index in [1.165, 1.54) is 0 Å². The number of nitrogens with one attached hydrogen (secondary N) is 1. The maximum Gasteiger partial charge on any atom is 0.360 e. The number of ether oxygens (including phenoxy) is 1. The third kappa shape index (κ3) is 3.89. The first-order chi connectivity index (χ1) is 11.8. The van der Waals surface area contributed by atoms with Gasteiger partial charge in [0.2, 0.25) is 0 Å². The van der Waals surface area contributed by atoms with Gasteiger partial charge in [0.05, 0.1) is 24.2 Å². The molecule has 1 aromatic carbocycles. The largest absolute Gasteiger partial charge is 0.461 e. The molecule has 0 amide bonds. The first-order valence-corrected chi connectivity index (χ1v) is 8.86. The zero-order valence-corrected chi connectivity index (χ0v) is 14.3. The van der Waals surface area contributed by atoms with Gasteiger partial charge in [0, 0.05) is 4.88 Å². The van der Waals surface area contributed by atoms with Crippen LogP contribution in [0.4, 0.5) is 5.82 Å². The minimum Gasteiger partial charge on any atom is -0.461 e. The number of rotatable bonds is 7. The smallest absolute Gasteiger partial charge is 0.360 e. The van der Waals surface area contributed by atoms with Crippen molar-refractivity contribution in [1.82, 2.24) is 9.97 Å². The average Bonchev–Trinajstić information content (AvgIpc) is 3.12. The molecule has 5 nitrogen and oxygen atoms in total. The fourth-order valence-electron chi connectivity index (χ4n) is 2.23. The molecule has 3 aromatic rings. The van der Waals surface area contributed by atoms with Crippen molar-refractivity contribution in [1.29, 1.82) is 0 Å². The highest BCUT2D eigenvalue weighted by molar-refractivity contribution is 7.09. The number of carbonyl (C=O) groups is 1. The summed E-state index contributed by atoms with van der Waals surface area (Å²) >= 11 is 1.65. The Morgan fingerprint density at radius 1 is 1.17 bits per heavy atom. The quantitative estimate of drug-likeness (QED) is 0.514. The number of anilines is 1. The van der Waals surface area contributed by atoms with E-state index in [1.807, 2.05) is 41.8 Å². The van der Waals surface area contributed by atoms with Crippen LogP contribution in [0.15, 0.2) is 41.8 Å². The van der Waals surface area contributed by atoms with Gasteiger partial charge in [-0.1, -0.05) is 31.5 Å². The lowest BCUT2D eigenvalue weighted by molar-refractivity contribution is 0.0494. The maximum atomic E-state index is 12.4. The van der Waals surface area contributed by atoms with E-state index in [-0.39, 0.29) is 5.69 Å². The van der Waals surface area contributed by atoms with Gasteiger partial charge in [-0.2, -0.15) is 0 Å². The highest BCUT2D eigenvalue weighted by Crippen LogP contribution is 2.19. The second kappa shape index (κ2) is 7.88. The Balaban J connectivity index is 1.88. The lowest BCUT2D eigenvalue weighted by atomic mass is 10.2. The summed E-state index contributed by atoms with van der Waals surface area (Å²) in [5, 5.41) is 5.23. The molecule has 0 saturated carbocycles. The Morgan fingerprint density at radius 2 is 1.96 bits per heavy atom. The molecule has 0 spiro atoms. The highest BCUT2D eigenvalue weighted by atomic mass is 32.1. The van der Waals surface area contributed by atoms with Crippen molar-refractivity contribution in [2.45, 2.75) is 26.3 Å². The molecule has 0 aliphatic heterocycles. The summed E-state index contributed by atoms with van der Waals surface area (Å²) in [6.45, 7) is 3.05. The molecule has 124 valence electrons. The summed E-state index contributed by atoms with van der Waals surface area (Å²) in [4.78, 5) is 22.6. The minimum atomic E-state index is -0.435. The summed E-state index contributed by atoms with van der Waals surface area (Å²) < 4.78 is 5.32. The van der Waals surface area contributed by atoms with Crippen LogP contribution in [0.25, 0.3) is 11.0 Å². The molecule has 0 aliphatic rings. The fourth-order valence-corrected chi connectivity index (χ4v) is 2.87. The van der Waals surface area contributed by atoms with Gasteiger partial charge in [0.25, 0.3) is 0 Å². The van der Waals surface area contributed by atoms with Crippen molar-refractivity contribution in [3.63, 3.8) is 0 Å². The van der Waals surface area contributed by atoms with Crippen LogP contribution in [0.3, 0.4) is 0 Å². The molecule has 0 bridgehead atoms. The van der Waals surface area contributed by atoms with E-state index in [2.05, 4.69) is 22.2 Å². The standard InChI is InChI=1S/C18H19N3O2S/c1-2-3-10-23-18(22)16-17(19-12-13-7-6-11-24-13)21-15-9-5-4-8-14(15)20-16/h4-9,11H,2-3,10,12H2,1H3,(H,19,21). The van der Waals surface area contributed by atoms with E-state index in [4.69, 9.17) is 4.74 Å². The number of esters is 1. The van der Waals surface area contributed by atoms with Crippen LogP contribution in [0.1, 0.15) is 35.1 Å². The SMILES string of the molecule is CCCCOC(=O)c1nc2ccccc2nc1NCc1cccs1. The van der Waals surface area contributed by atoms with Crippen LogP contribution in [0.5, 0.6) is 0 Å². The first kappa shape index (κ1) is 16.4. The van der Waals surface area contributed by atoms with Gasteiger partial charge in [-0.25, -0.2) is 14.8 Å². The van der Waals surface area contributed by atoms with Crippen molar-refractivity contribution in [2.75, 3.05) is 11.9 Å². The van der Waals surface area contributed by atoms with Crippen molar-refractivity contribution in [3.05, 3.63) is 52.3 Å². The van der Waals surface area contributed by atoms with Crippen LogP contribution in [0, 0.1) is 0 Å². The number of thiophene rings is 1. The maximum absolute atomic E-state index is 12.4. The van der Waals surface area contributed by atoms with E-state index in [0.29, 0.717) is 24.5 Å². The van der Waals surface area contributed by atoms with Crippen molar-refractivity contribution in [3.8, 4) is 0 Å². The summed E-state index contributed by atoms with van der Waals surface area (Å²) in [6, 6.07) is 11.5. The third-order valence-electron chi connectivity index (χ3n) is 3.51. The lowest BCUT2D eigenvalue weighted by Crippen LogP contribution is -2.14. The molecule has 0 aliphatic carbocycles. The van der Waals surface area contributed by atoms with Crippen LogP contribution in [-0.4, -0.2) is 22.5 Å². The number of unbranched alkanes of at least 4 members (excludes halogenated alkanes) is 1. The molecule has 6 heteroatoms. The van der Waals surface area contributed by atoms with Gasteiger partial charge in [-0.15, -0.1) is 11.3 Å². The first-order valence-electron chi connectivity index (χ1n) is 7.98. The predicted molar refractivity (Wildman–Crippen MR) is 96.4 cm³/mol. The molecule has 0 atom stereocenters. The van der Waals surface area contributed by atoms with Crippen LogP contribution >= 0.6 is 11.3 Å². The number of fused-ring (bicyclic) bond motifs is 1. The van der Waals surface area contributed by atoms with E-state index < -0.39 is 5.97 Å². The summed E-state index contributed by atoms with van der Waals surface area (Å²) in [7, 11) is 0. The normalized spacial score (nSPS) is 10.7. The van der Waals surface area contributed by atoms with Gasteiger partial charge in [0.15, 0.2) is 11.5 Å². The number of aromatic nitrogens is 2. The molecule has 2 aromatic heterocycles. The minimum absolute atomic E-state index is 0.237. The van der Waals surface area contributed by atoms with Crippen LogP contribution in [-0.2, 0) is 11.3 Å². The van der Waals surface area contributed by atoms with E-state index in [1.54, 1.807) is 11.3 Å². The lowest BCUT2D eigenvalue weighted by Gasteiger charge is -2.11. The van der Waals surface area contributed by atoms with Crippen molar-refractivity contribution >= 4 is 34.2 Å². The molecule has 0 unspecified atom stereocenters. The molecule has 0 fully saturated rings. The van der Waals surface area contributed by atoms with Crippen LogP contribution in [0.2, 0.25) is 0 Å². The number of carbonyl (C=O) groups excluding carboxylic acids is 1. The zero-order chi connectivity index (χ0) is 16.8. The van der Waals surface area contributed by atoms with E-state index >= 15 is 0 Å². The number of benzene rings is 1. The number of hydrogen-bond acceptors (Lipinski definition) is 6. The summed E-state index contributed by atoms with van der Waals surface area (Å²) in [5.74, 6) is 0.0268. The summed E-state index contributed by atoms with van der Waals surface area (Å²) in [6.07, 6.45) is 1.81. The summed E-state index contributed by atoms with van der Waals surface area (Å²) in [5.41, 5.74) is 1.67. The Labute approximate surface area is 144 Å². The molecular formula is C18H19N3O2S. The van der Waals surface area contributed by atoms with Gasteiger partial charge in [0.1, 0.15) is 0 Å². The monoisotopic (exact) mass is 341 g/mol. The molecule has 1 N–H and O–H groups in total. The van der Waals surface area contributed by atoms with Crippen molar-refractivity contribution < 1.29 is 9.53 Å². The molecule has 3 rings (SSSR count). The topological polar surface area (TPSA) is 64.1 Å². The second-order valence-electron chi connectivity index (χ2n) is 5.33. The highest BCUT2D eigenvalue weighted by Gasteiger charge is 2.18. The molecule has 2 heterocycles. The Bertz CT molecular complexity index is 818. The number of nitrogens with zero attached hydrogens (tertiary/aromatic N) is 2. The van der Waals surface area contributed by atoms with E-state index in [0.717, 1.165) is 23.2 Å². The third-order valence-corrected chi connectivity index (χ3v) is 4.38. The molecule has 0 radical (unpaired) electrons. The fraction of sp³-hybridized carbons (Fsp3) is 0.278. The van der Waals surface area contributed by atoms with E-state index in [9.17, 15) is 4.79 Å². The Kier molecular flexibility index (Phi) is 5.38. The zero-order valence-electron chi connectivity index (χ0n) is 13.5. The molecule has 0 saturated heterocycles. The molecular weight excluding hydrogens is 322 g/mol. The van der Waals surface area contributed by atoms with Crippen LogP contribution < -0.4 is 5.32 Å². The number of para-hydroxylation sites is 2. The van der Waals surface area contributed by atoms with Crippen molar-refractivity contribution in [2.24, 2.45) is 0 Å². The van der Waals surface area contributed by atoms with Gasteiger partial charge < -0.3 is 10.1 Å². The average molecular weight is 341 g/mol. The Morgan fingerprint density at radius 3 is 2.67 bits per heavy atom. The second-order valence-corrected chi connectivity index (χ2v) is 6.36. The number of hydrogen-bond donors (Lipinski definition) is 1. The van der Waals surface area contributed by atoms with Gasteiger partial charge in [-0.05, 0) is 30.0 Å². The van der Waals surface area contributed by atoms with Gasteiger partial charge >= 0.3 is 5.97 Å². The Hall–Kier alpha value is -2.47. The molecule has 24 heavy (non-hydrogen) atoms. The predicted octanol–water partition coefficient (Wildman–Crippen LogP) is 4.26.